The number of imidazole rings is 1. The summed E-state index contributed by atoms with van der Waals surface area (Å²) < 4.78 is 2.11. The Morgan fingerprint density at radius 1 is 1.20 bits per heavy atom. The van der Waals surface area contributed by atoms with Crippen molar-refractivity contribution in [3.63, 3.8) is 0 Å². The smallest absolute Gasteiger partial charge is 0.225 e. The summed E-state index contributed by atoms with van der Waals surface area (Å²) in [4.78, 5) is 13.7. The number of hydrogen-bond donors (Lipinski definition) is 1. The third kappa shape index (κ3) is 2.49. The van der Waals surface area contributed by atoms with E-state index >= 15 is 0 Å². The molecule has 1 saturated carbocycles. The minimum atomic E-state index is 0.358. The summed E-state index contributed by atoms with van der Waals surface area (Å²) in [6.45, 7) is 6.30. The summed E-state index contributed by atoms with van der Waals surface area (Å²) in [6.07, 6.45) is 8.29. The van der Waals surface area contributed by atoms with Crippen molar-refractivity contribution in [1.29, 1.82) is 0 Å². The second-order valence-electron chi connectivity index (χ2n) is 6.03. The molecule has 0 aromatic carbocycles. The van der Waals surface area contributed by atoms with E-state index in [1.165, 1.54) is 32.1 Å². The van der Waals surface area contributed by atoms with Crippen LogP contribution in [0.25, 0.3) is 11.2 Å². The first kappa shape index (κ1) is 13.3. The molecule has 0 bridgehead atoms. The standard InChI is InChI=1S/C15H23N5/c1-10(2)20-9-16-13-11(3)17-15(19-14(13)20)18-12-7-5-4-6-8-12/h9-10,12H,4-8H2,1-3H3,(H,17,18,19). The third-order valence-corrected chi connectivity index (χ3v) is 4.09. The molecule has 1 aliphatic carbocycles. The fourth-order valence-electron chi connectivity index (χ4n) is 2.93. The molecular weight excluding hydrogens is 250 g/mol. The molecule has 2 aromatic rings. The molecule has 108 valence electrons. The van der Waals surface area contributed by atoms with Gasteiger partial charge < -0.3 is 9.88 Å². The van der Waals surface area contributed by atoms with Gasteiger partial charge in [0.15, 0.2) is 5.65 Å². The van der Waals surface area contributed by atoms with Crippen LogP contribution in [0.4, 0.5) is 5.95 Å². The molecule has 2 aromatic heterocycles. The normalized spacial score (nSPS) is 17.0. The van der Waals surface area contributed by atoms with Crippen LogP contribution in [-0.2, 0) is 0 Å². The molecule has 3 rings (SSSR count). The minimum Gasteiger partial charge on any atom is -0.351 e. The highest BCUT2D eigenvalue weighted by molar-refractivity contribution is 5.74. The fraction of sp³-hybridized carbons (Fsp3) is 0.667. The lowest BCUT2D eigenvalue weighted by Crippen LogP contribution is -2.23. The Balaban J connectivity index is 1.93. The van der Waals surface area contributed by atoms with Gasteiger partial charge in [0.2, 0.25) is 5.95 Å². The lowest BCUT2D eigenvalue weighted by Gasteiger charge is -2.22. The highest BCUT2D eigenvalue weighted by atomic mass is 15.2. The number of rotatable bonds is 3. The van der Waals surface area contributed by atoms with Gasteiger partial charge in [-0.25, -0.2) is 9.97 Å². The minimum absolute atomic E-state index is 0.358. The molecule has 1 aliphatic rings. The van der Waals surface area contributed by atoms with Crippen LogP contribution in [0.1, 0.15) is 57.7 Å². The molecule has 0 saturated heterocycles. The molecule has 2 heterocycles. The van der Waals surface area contributed by atoms with Crippen molar-refractivity contribution in [2.24, 2.45) is 0 Å². The number of aromatic nitrogens is 4. The van der Waals surface area contributed by atoms with Crippen LogP contribution in [0.5, 0.6) is 0 Å². The van der Waals surface area contributed by atoms with Crippen molar-refractivity contribution in [2.45, 2.75) is 65.0 Å². The van der Waals surface area contributed by atoms with E-state index in [1.807, 2.05) is 13.3 Å². The van der Waals surface area contributed by atoms with Crippen molar-refractivity contribution in [3.8, 4) is 0 Å². The average molecular weight is 273 g/mol. The molecule has 0 spiro atoms. The van der Waals surface area contributed by atoms with Gasteiger partial charge in [0.05, 0.1) is 12.0 Å². The molecule has 5 nitrogen and oxygen atoms in total. The van der Waals surface area contributed by atoms with E-state index in [9.17, 15) is 0 Å². The van der Waals surface area contributed by atoms with Crippen LogP contribution >= 0.6 is 0 Å². The van der Waals surface area contributed by atoms with E-state index in [-0.39, 0.29) is 0 Å². The van der Waals surface area contributed by atoms with Crippen molar-refractivity contribution in [1.82, 2.24) is 19.5 Å². The summed E-state index contributed by atoms with van der Waals surface area (Å²) in [6, 6.07) is 0.882. The van der Waals surface area contributed by atoms with Gasteiger partial charge in [-0.2, -0.15) is 4.98 Å². The molecule has 1 N–H and O–H groups in total. The number of aryl methyl sites for hydroxylation is 1. The zero-order chi connectivity index (χ0) is 14.1. The van der Waals surface area contributed by atoms with E-state index in [4.69, 9.17) is 0 Å². The van der Waals surface area contributed by atoms with Gasteiger partial charge in [-0.1, -0.05) is 19.3 Å². The molecule has 0 atom stereocenters. The fourth-order valence-corrected chi connectivity index (χ4v) is 2.93. The molecule has 1 fully saturated rings. The highest BCUT2D eigenvalue weighted by Crippen LogP contribution is 2.23. The van der Waals surface area contributed by atoms with Crippen molar-refractivity contribution < 1.29 is 0 Å². The highest BCUT2D eigenvalue weighted by Gasteiger charge is 2.16. The maximum absolute atomic E-state index is 4.69. The zero-order valence-corrected chi connectivity index (χ0v) is 12.6. The van der Waals surface area contributed by atoms with Crippen LogP contribution in [0, 0.1) is 6.92 Å². The van der Waals surface area contributed by atoms with Crippen molar-refractivity contribution >= 4 is 17.1 Å². The Hall–Kier alpha value is -1.65. The van der Waals surface area contributed by atoms with Gasteiger partial charge in [-0.15, -0.1) is 0 Å². The van der Waals surface area contributed by atoms with Gasteiger partial charge in [-0.05, 0) is 33.6 Å². The van der Waals surface area contributed by atoms with Gasteiger partial charge in [0.25, 0.3) is 0 Å². The zero-order valence-electron chi connectivity index (χ0n) is 12.6. The lowest BCUT2D eigenvalue weighted by atomic mass is 9.96. The first-order valence-corrected chi connectivity index (χ1v) is 7.63. The summed E-state index contributed by atoms with van der Waals surface area (Å²) in [5.74, 6) is 0.754. The average Bonchev–Trinajstić information content (AvgIpc) is 2.84. The second-order valence-corrected chi connectivity index (χ2v) is 6.03. The van der Waals surface area contributed by atoms with Crippen LogP contribution in [-0.4, -0.2) is 25.6 Å². The van der Waals surface area contributed by atoms with E-state index in [0.29, 0.717) is 12.1 Å². The van der Waals surface area contributed by atoms with Crippen LogP contribution in [0.3, 0.4) is 0 Å². The quantitative estimate of drug-likeness (QED) is 0.930. The Morgan fingerprint density at radius 2 is 1.95 bits per heavy atom. The number of anilines is 1. The number of nitrogens with zero attached hydrogens (tertiary/aromatic N) is 4. The summed E-state index contributed by atoms with van der Waals surface area (Å²) in [5.41, 5.74) is 2.80. The first-order chi connectivity index (χ1) is 9.65. The van der Waals surface area contributed by atoms with Crippen molar-refractivity contribution in [3.05, 3.63) is 12.0 Å². The Bertz CT molecular complexity index is 596. The van der Waals surface area contributed by atoms with Gasteiger partial charge in [-0.3, -0.25) is 0 Å². The van der Waals surface area contributed by atoms with Crippen LogP contribution in [0.2, 0.25) is 0 Å². The van der Waals surface area contributed by atoms with Gasteiger partial charge >= 0.3 is 0 Å². The van der Waals surface area contributed by atoms with E-state index in [1.54, 1.807) is 0 Å². The molecule has 0 amide bonds. The van der Waals surface area contributed by atoms with E-state index in [2.05, 4.69) is 38.7 Å². The van der Waals surface area contributed by atoms with Gasteiger partial charge in [0, 0.05) is 12.1 Å². The predicted molar refractivity (Wildman–Crippen MR) is 80.9 cm³/mol. The summed E-state index contributed by atoms with van der Waals surface area (Å²) >= 11 is 0. The summed E-state index contributed by atoms with van der Waals surface area (Å²) in [5, 5.41) is 3.51. The van der Waals surface area contributed by atoms with Crippen molar-refractivity contribution in [2.75, 3.05) is 5.32 Å². The molecule has 0 aliphatic heterocycles. The number of nitrogens with one attached hydrogen (secondary N) is 1. The number of hydrogen-bond acceptors (Lipinski definition) is 4. The lowest BCUT2D eigenvalue weighted by molar-refractivity contribution is 0.461. The maximum atomic E-state index is 4.69. The maximum Gasteiger partial charge on any atom is 0.225 e. The topological polar surface area (TPSA) is 55.6 Å². The number of fused-ring (bicyclic) bond motifs is 1. The Labute approximate surface area is 119 Å². The summed E-state index contributed by atoms with van der Waals surface area (Å²) in [7, 11) is 0. The monoisotopic (exact) mass is 273 g/mol. The van der Waals surface area contributed by atoms with Gasteiger partial charge in [0.1, 0.15) is 5.52 Å². The largest absolute Gasteiger partial charge is 0.351 e. The Kier molecular flexibility index (Phi) is 3.59. The first-order valence-electron chi connectivity index (χ1n) is 7.63. The molecular formula is C15H23N5. The van der Waals surface area contributed by atoms with E-state index in [0.717, 1.165) is 22.8 Å². The molecule has 0 unspecified atom stereocenters. The van der Waals surface area contributed by atoms with Crippen LogP contribution < -0.4 is 5.32 Å². The predicted octanol–water partition coefficient (Wildman–Crippen LogP) is 3.46. The molecule has 5 heteroatoms. The second kappa shape index (κ2) is 5.38. The van der Waals surface area contributed by atoms with Crippen LogP contribution in [0.15, 0.2) is 6.33 Å². The van der Waals surface area contributed by atoms with E-state index < -0.39 is 0 Å². The molecule has 0 radical (unpaired) electrons. The molecule has 20 heavy (non-hydrogen) atoms. The Morgan fingerprint density at radius 3 is 2.65 bits per heavy atom. The SMILES string of the molecule is Cc1nc(NC2CCCCC2)nc2c1ncn2C(C)C. The third-order valence-electron chi connectivity index (χ3n) is 4.09.